The summed E-state index contributed by atoms with van der Waals surface area (Å²) < 4.78 is 0. The first-order chi connectivity index (χ1) is 10.3. The van der Waals surface area contributed by atoms with Gasteiger partial charge in [0.25, 0.3) is 0 Å². The molecular weight excluding hydrogens is 260 g/mol. The number of fused-ring (bicyclic) bond motifs is 1. The molecule has 1 saturated carbocycles. The molecule has 0 radical (unpaired) electrons. The lowest BCUT2D eigenvalue weighted by Gasteiger charge is -2.06. The van der Waals surface area contributed by atoms with E-state index in [-0.39, 0.29) is 6.04 Å². The lowest BCUT2D eigenvalue weighted by molar-refractivity contribution is 0.574. The van der Waals surface area contributed by atoms with Gasteiger partial charge in [-0.05, 0) is 47.7 Å². The lowest BCUT2D eigenvalue weighted by Crippen LogP contribution is -2.12. The minimum atomic E-state index is 0.0225. The summed E-state index contributed by atoms with van der Waals surface area (Å²) in [7, 11) is 0. The topological polar surface area (TPSA) is 67.6 Å². The highest BCUT2D eigenvalue weighted by atomic mass is 15.0. The SMILES string of the molecule is NC(CC1CC1)c1nc2ccc(-c3ccncc3)cc2[nH]1. The third kappa shape index (κ3) is 2.54. The van der Waals surface area contributed by atoms with Gasteiger partial charge >= 0.3 is 0 Å². The molecule has 1 aliphatic rings. The number of aromatic amines is 1. The third-order valence-corrected chi connectivity index (χ3v) is 4.15. The van der Waals surface area contributed by atoms with Crippen molar-refractivity contribution in [2.45, 2.75) is 25.3 Å². The molecule has 1 unspecified atom stereocenters. The molecule has 4 heteroatoms. The molecular formula is C17H18N4. The largest absolute Gasteiger partial charge is 0.341 e. The number of nitrogens with one attached hydrogen (secondary N) is 1. The van der Waals surface area contributed by atoms with Crippen molar-refractivity contribution >= 4 is 11.0 Å². The first-order valence-corrected chi connectivity index (χ1v) is 7.45. The van der Waals surface area contributed by atoms with Gasteiger partial charge in [-0.2, -0.15) is 0 Å². The fourth-order valence-electron chi connectivity index (χ4n) is 2.75. The number of nitrogens with two attached hydrogens (primary N) is 1. The van der Waals surface area contributed by atoms with Crippen molar-refractivity contribution in [1.82, 2.24) is 15.0 Å². The summed E-state index contributed by atoms with van der Waals surface area (Å²) in [5, 5.41) is 0. The predicted molar refractivity (Wildman–Crippen MR) is 83.6 cm³/mol. The molecule has 1 atom stereocenters. The Morgan fingerprint density at radius 1 is 1.14 bits per heavy atom. The zero-order valence-electron chi connectivity index (χ0n) is 11.8. The van der Waals surface area contributed by atoms with E-state index in [4.69, 9.17) is 5.73 Å². The van der Waals surface area contributed by atoms with E-state index in [2.05, 4.69) is 33.2 Å². The predicted octanol–water partition coefficient (Wildman–Crippen LogP) is 3.42. The fraction of sp³-hybridized carbons (Fsp3) is 0.294. The van der Waals surface area contributed by atoms with E-state index in [1.807, 2.05) is 24.5 Å². The van der Waals surface area contributed by atoms with E-state index >= 15 is 0 Å². The van der Waals surface area contributed by atoms with Crippen molar-refractivity contribution < 1.29 is 0 Å². The smallest absolute Gasteiger partial charge is 0.124 e. The van der Waals surface area contributed by atoms with Crippen molar-refractivity contribution in [3.05, 3.63) is 48.5 Å². The van der Waals surface area contributed by atoms with Gasteiger partial charge in [-0.1, -0.05) is 18.9 Å². The molecule has 3 N–H and O–H groups in total. The number of hydrogen-bond donors (Lipinski definition) is 2. The summed E-state index contributed by atoms with van der Waals surface area (Å²) in [5.74, 6) is 1.71. The number of benzene rings is 1. The van der Waals surface area contributed by atoms with E-state index in [1.165, 1.54) is 12.8 Å². The van der Waals surface area contributed by atoms with Gasteiger partial charge in [0, 0.05) is 12.4 Å². The van der Waals surface area contributed by atoms with Crippen LogP contribution < -0.4 is 5.73 Å². The second kappa shape index (κ2) is 4.97. The number of nitrogens with zero attached hydrogens (tertiary/aromatic N) is 2. The van der Waals surface area contributed by atoms with Crippen LogP contribution in [-0.2, 0) is 0 Å². The monoisotopic (exact) mass is 278 g/mol. The Morgan fingerprint density at radius 3 is 2.71 bits per heavy atom. The zero-order valence-corrected chi connectivity index (χ0v) is 11.8. The molecule has 106 valence electrons. The van der Waals surface area contributed by atoms with Crippen molar-refractivity contribution in [2.75, 3.05) is 0 Å². The number of imidazole rings is 1. The van der Waals surface area contributed by atoms with Crippen LogP contribution >= 0.6 is 0 Å². The summed E-state index contributed by atoms with van der Waals surface area (Å²) >= 11 is 0. The molecule has 0 spiro atoms. The van der Waals surface area contributed by atoms with Crippen molar-refractivity contribution in [3.63, 3.8) is 0 Å². The maximum absolute atomic E-state index is 6.25. The quantitative estimate of drug-likeness (QED) is 0.768. The van der Waals surface area contributed by atoms with Crippen LogP contribution in [0.3, 0.4) is 0 Å². The van der Waals surface area contributed by atoms with Crippen molar-refractivity contribution in [3.8, 4) is 11.1 Å². The standard InChI is InChI=1S/C17H18N4/c18-14(9-11-1-2-11)17-20-15-4-3-13(10-16(15)21-17)12-5-7-19-8-6-12/h3-8,10-11,14H,1-2,9,18H2,(H,20,21). The highest BCUT2D eigenvalue weighted by Gasteiger charge is 2.25. The Morgan fingerprint density at radius 2 is 1.95 bits per heavy atom. The van der Waals surface area contributed by atoms with Crippen LogP contribution in [0.5, 0.6) is 0 Å². The molecule has 1 aromatic carbocycles. The highest BCUT2D eigenvalue weighted by Crippen LogP contribution is 2.36. The second-order valence-electron chi connectivity index (χ2n) is 5.88. The molecule has 1 fully saturated rings. The van der Waals surface area contributed by atoms with Crippen LogP contribution in [-0.4, -0.2) is 15.0 Å². The van der Waals surface area contributed by atoms with Gasteiger partial charge in [0.1, 0.15) is 5.82 Å². The number of hydrogen-bond acceptors (Lipinski definition) is 3. The molecule has 4 nitrogen and oxygen atoms in total. The molecule has 0 aliphatic heterocycles. The molecule has 0 bridgehead atoms. The highest BCUT2D eigenvalue weighted by molar-refractivity contribution is 5.81. The average Bonchev–Trinajstić information content (AvgIpc) is 3.23. The van der Waals surface area contributed by atoms with Crippen LogP contribution in [0, 0.1) is 5.92 Å². The Bertz CT molecular complexity index is 759. The molecule has 2 heterocycles. The third-order valence-electron chi connectivity index (χ3n) is 4.15. The van der Waals surface area contributed by atoms with Gasteiger partial charge in [0.05, 0.1) is 17.1 Å². The Labute approximate surface area is 123 Å². The molecule has 21 heavy (non-hydrogen) atoms. The van der Waals surface area contributed by atoms with Crippen molar-refractivity contribution in [2.24, 2.45) is 11.7 Å². The molecule has 2 aromatic heterocycles. The van der Waals surface area contributed by atoms with Crippen LogP contribution in [0.4, 0.5) is 0 Å². The van der Waals surface area contributed by atoms with Gasteiger partial charge < -0.3 is 10.7 Å². The van der Waals surface area contributed by atoms with E-state index in [9.17, 15) is 0 Å². The van der Waals surface area contributed by atoms with Crippen molar-refractivity contribution in [1.29, 1.82) is 0 Å². The normalized spacial score (nSPS) is 16.2. The lowest BCUT2D eigenvalue weighted by atomic mass is 10.1. The second-order valence-corrected chi connectivity index (χ2v) is 5.88. The summed E-state index contributed by atoms with van der Waals surface area (Å²) in [6.45, 7) is 0. The summed E-state index contributed by atoms with van der Waals surface area (Å²) in [6, 6.07) is 10.3. The van der Waals surface area contributed by atoms with E-state index < -0.39 is 0 Å². The van der Waals surface area contributed by atoms with Gasteiger partial charge in [0.15, 0.2) is 0 Å². The maximum atomic E-state index is 6.25. The molecule has 0 amide bonds. The summed E-state index contributed by atoms with van der Waals surface area (Å²) in [5.41, 5.74) is 10.6. The summed E-state index contributed by atoms with van der Waals surface area (Å²) in [4.78, 5) is 12.1. The van der Waals surface area contributed by atoms with E-state index in [0.29, 0.717) is 0 Å². The number of H-pyrrole nitrogens is 1. The number of aromatic nitrogens is 3. The molecule has 0 saturated heterocycles. The summed E-state index contributed by atoms with van der Waals surface area (Å²) in [6.07, 6.45) is 7.30. The Balaban J connectivity index is 1.67. The van der Waals surface area contributed by atoms with E-state index in [0.717, 1.165) is 40.3 Å². The first-order valence-electron chi connectivity index (χ1n) is 7.45. The Hall–Kier alpha value is -2.20. The van der Waals surface area contributed by atoms with Crippen LogP contribution in [0.2, 0.25) is 0 Å². The van der Waals surface area contributed by atoms with Crippen LogP contribution in [0.1, 0.15) is 31.1 Å². The fourth-order valence-corrected chi connectivity index (χ4v) is 2.75. The van der Waals surface area contributed by atoms with Crippen LogP contribution in [0.15, 0.2) is 42.7 Å². The van der Waals surface area contributed by atoms with Gasteiger partial charge in [-0.15, -0.1) is 0 Å². The van der Waals surface area contributed by atoms with Crippen LogP contribution in [0.25, 0.3) is 22.2 Å². The molecule has 1 aliphatic carbocycles. The Kier molecular flexibility index (Phi) is 2.97. The minimum Gasteiger partial charge on any atom is -0.341 e. The zero-order chi connectivity index (χ0) is 14.2. The first kappa shape index (κ1) is 12.5. The average molecular weight is 278 g/mol. The molecule has 4 rings (SSSR count). The minimum absolute atomic E-state index is 0.0225. The van der Waals surface area contributed by atoms with Gasteiger partial charge in [0.2, 0.25) is 0 Å². The maximum Gasteiger partial charge on any atom is 0.124 e. The van der Waals surface area contributed by atoms with E-state index in [1.54, 1.807) is 0 Å². The van der Waals surface area contributed by atoms with Gasteiger partial charge in [-0.3, -0.25) is 4.98 Å². The van der Waals surface area contributed by atoms with Gasteiger partial charge in [-0.25, -0.2) is 4.98 Å². The number of rotatable bonds is 4. The number of pyridine rings is 1. The molecule has 3 aromatic rings.